The van der Waals surface area contributed by atoms with Crippen LogP contribution in [0.25, 0.3) is 0 Å². The van der Waals surface area contributed by atoms with Crippen molar-refractivity contribution in [3.8, 4) is 5.75 Å². The van der Waals surface area contributed by atoms with E-state index in [1.165, 1.54) is 6.07 Å². The number of carbonyl (C=O) groups is 1. The van der Waals surface area contributed by atoms with E-state index in [0.717, 1.165) is 25.0 Å². The average Bonchev–Trinajstić information content (AvgIpc) is 2.23. The summed E-state index contributed by atoms with van der Waals surface area (Å²) in [6, 6.07) is 3.37. The van der Waals surface area contributed by atoms with Crippen molar-refractivity contribution in [1.82, 2.24) is 5.32 Å². The molecule has 1 aromatic rings. The van der Waals surface area contributed by atoms with Gasteiger partial charge in [0.2, 0.25) is 0 Å². The second-order valence-electron chi connectivity index (χ2n) is 4.45. The van der Waals surface area contributed by atoms with Crippen LogP contribution >= 0.6 is 0 Å². The maximum absolute atomic E-state index is 12.7. The van der Waals surface area contributed by atoms with Crippen molar-refractivity contribution in [2.24, 2.45) is 5.92 Å². The maximum Gasteiger partial charge on any atom is 0.255 e. The Morgan fingerprint density at radius 2 is 2.18 bits per heavy atom. The Balaban J connectivity index is 2.47. The third-order valence-electron chi connectivity index (χ3n) is 2.45. The molecule has 0 atom stereocenters. The van der Waals surface area contributed by atoms with Crippen LogP contribution in [0, 0.1) is 11.7 Å². The summed E-state index contributed by atoms with van der Waals surface area (Å²) in [6.07, 6.45) is 1.93. The third kappa shape index (κ3) is 4.43. The highest BCUT2D eigenvalue weighted by atomic mass is 19.1. The summed E-state index contributed by atoms with van der Waals surface area (Å²) < 4.78 is 12.7. The molecule has 3 nitrogen and oxygen atoms in total. The largest absolute Gasteiger partial charge is 0.507 e. The summed E-state index contributed by atoms with van der Waals surface area (Å²) in [7, 11) is 0. The number of halogens is 1. The zero-order chi connectivity index (χ0) is 12.8. The summed E-state index contributed by atoms with van der Waals surface area (Å²) >= 11 is 0. The van der Waals surface area contributed by atoms with Crippen LogP contribution in [-0.2, 0) is 0 Å². The van der Waals surface area contributed by atoms with E-state index in [1.54, 1.807) is 0 Å². The number of nitrogens with one attached hydrogen (secondary N) is 1. The number of phenolic OH excluding ortho intramolecular Hbond substituents is 1. The van der Waals surface area contributed by atoms with Gasteiger partial charge in [-0.1, -0.05) is 13.8 Å². The van der Waals surface area contributed by atoms with Gasteiger partial charge in [-0.25, -0.2) is 4.39 Å². The van der Waals surface area contributed by atoms with Gasteiger partial charge in [0.15, 0.2) is 0 Å². The second-order valence-corrected chi connectivity index (χ2v) is 4.45. The van der Waals surface area contributed by atoms with Crippen molar-refractivity contribution >= 4 is 5.91 Å². The fourth-order valence-corrected chi connectivity index (χ4v) is 1.50. The van der Waals surface area contributed by atoms with Crippen LogP contribution in [0.5, 0.6) is 5.75 Å². The summed E-state index contributed by atoms with van der Waals surface area (Å²) in [5.74, 6) is -0.650. The number of carbonyl (C=O) groups excluding carboxylic acids is 1. The summed E-state index contributed by atoms with van der Waals surface area (Å²) in [5.41, 5.74) is 0.107. The standard InChI is InChI=1S/C13H18FNO2/c1-9(2)4-3-7-15-13(17)11-6-5-10(14)8-12(11)16/h5-6,8-9,16H,3-4,7H2,1-2H3,(H,15,17). The number of aromatic hydroxyl groups is 1. The van der Waals surface area contributed by atoms with Gasteiger partial charge in [-0.05, 0) is 30.9 Å². The zero-order valence-corrected chi connectivity index (χ0v) is 10.2. The van der Waals surface area contributed by atoms with E-state index in [1.807, 2.05) is 0 Å². The molecule has 0 radical (unpaired) electrons. The van der Waals surface area contributed by atoms with Gasteiger partial charge in [0.05, 0.1) is 5.56 Å². The van der Waals surface area contributed by atoms with Crippen LogP contribution in [0.3, 0.4) is 0 Å². The van der Waals surface area contributed by atoms with E-state index >= 15 is 0 Å². The minimum atomic E-state index is -0.557. The Morgan fingerprint density at radius 1 is 1.47 bits per heavy atom. The van der Waals surface area contributed by atoms with Gasteiger partial charge in [0.1, 0.15) is 11.6 Å². The monoisotopic (exact) mass is 239 g/mol. The highest BCUT2D eigenvalue weighted by Gasteiger charge is 2.10. The quantitative estimate of drug-likeness (QED) is 0.776. The van der Waals surface area contributed by atoms with Crippen LogP contribution < -0.4 is 5.32 Å². The minimum Gasteiger partial charge on any atom is -0.507 e. The molecule has 0 saturated heterocycles. The zero-order valence-electron chi connectivity index (χ0n) is 10.2. The molecule has 17 heavy (non-hydrogen) atoms. The fraction of sp³-hybridized carbons (Fsp3) is 0.462. The molecular formula is C13H18FNO2. The smallest absolute Gasteiger partial charge is 0.255 e. The van der Waals surface area contributed by atoms with Crippen molar-refractivity contribution in [2.75, 3.05) is 6.54 Å². The van der Waals surface area contributed by atoms with Crippen LogP contribution in [0.1, 0.15) is 37.0 Å². The van der Waals surface area contributed by atoms with Gasteiger partial charge in [-0.15, -0.1) is 0 Å². The first-order chi connectivity index (χ1) is 8.00. The lowest BCUT2D eigenvalue weighted by atomic mass is 10.1. The molecule has 0 unspecified atom stereocenters. The molecule has 0 aliphatic carbocycles. The first-order valence-electron chi connectivity index (χ1n) is 5.77. The number of benzene rings is 1. The van der Waals surface area contributed by atoms with Crippen LogP contribution in [-0.4, -0.2) is 17.6 Å². The minimum absolute atomic E-state index is 0.107. The van der Waals surface area contributed by atoms with Gasteiger partial charge < -0.3 is 10.4 Å². The topological polar surface area (TPSA) is 49.3 Å². The summed E-state index contributed by atoms with van der Waals surface area (Å²) in [6.45, 7) is 4.80. The molecule has 0 bridgehead atoms. The van der Waals surface area contributed by atoms with E-state index in [-0.39, 0.29) is 17.2 Å². The number of hydrogen-bond donors (Lipinski definition) is 2. The third-order valence-corrected chi connectivity index (χ3v) is 2.45. The van der Waals surface area contributed by atoms with Crippen molar-refractivity contribution in [3.63, 3.8) is 0 Å². The molecule has 0 aliphatic rings. The molecule has 0 aliphatic heterocycles. The Bertz CT molecular complexity index is 391. The number of hydrogen-bond acceptors (Lipinski definition) is 2. The summed E-state index contributed by atoms with van der Waals surface area (Å²) in [5, 5.41) is 12.1. The molecule has 2 N–H and O–H groups in total. The van der Waals surface area contributed by atoms with Gasteiger partial charge in [0.25, 0.3) is 5.91 Å². The van der Waals surface area contributed by atoms with Gasteiger partial charge >= 0.3 is 0 Å². The first kappa shape index (κ1) is 13.5. The van der Waals surface area contributed by atoms with Crippen molar-refractivity contribution in [1.29, 1.82) is 0 Å². The number of phenols is 1. The Labute approximate surface area is 101 Å². The van der Waals surface area contributed by atoms with E-state index < -0.39 is 5.82 Å². The molecule has 0 saturated carbocycles. The molecular weight excluding hydrogens is 221 g/mol. The molecule has 94 valence electrons. The summed E-state index contributed by atoms with van der Waals surface area (Å²) in [4.78, 5) is 11.6. The van der Waals surface area contributed by atoms with E-state index in [2.05, 4.69) is 19.2 Å². The lowest BCUT2D eigenvalue weighted by Crippen LogP contribution is -2.24. The molecule has 4 heteroatoms. The van der Waals surface area contributed by atoms with Crippen LogP contribution in [0.15, 0.2) is 18.2 Å². The van der Waals surface area contributed by atoms with Crippen molar-refractivity contribution < 1.29 is 14.3 Å². The van der Waals surface area contributed by atoms with Crippen molar-refractivity contribution in [2.45, 2.75) is 26.7 Å². The lowest BCUT2D eigenvalue weighted by molar-refractivity contribution is 0.0950. The van der Waals surface area contributed by atoms with Gasteiger partial charge in [-0.3, -0.25) is 4.79 Å². The predicted molar refractivity (Wildman–Crippen MR) is 64.5 cm³/mol. The van der Waals surface area contributed by atoms with Crippen molar-refractivity contribution in [3.05, 3.63) is 29.6 Å². The predicted octanol–water partition coefficient (Wildman–Crippen LogP) is 2.70. The highest BCUT2D eigenvalue weighted by Crippen LogP contribution is 2.17. The van der Waals surface area contributed by atoms with Gasteiger partial charge in [-0.2, -0.15) is 0 Å². The van der Waals surface area contributed by atoms with Gasteiger partial charge in [0, 0.05) is 12.6 Å². The number of amides is 1. The number of rotatable bonds is 5. The lowest BCUT2D eigenvalue weighted by Gasteiger charge is -2.08. The molecule has 0 fully saturated rings. The highest BCUT2D eigenvalue weighted by molar-refractivity contribution is 5.96. The van der Waals surface area contributed by atoms with E-state index in [9.17, 15) is 14.3 Å². The second kappa shape index (κ2) is 6.23. The molecule has 1 aromatic carbocycles. The average molecular weight is 239 g/mol. The van der Waals surface area contributed by atoms with Crippen LogP contribution in [0.2, 0.25) is 0 Å². The molecule has 0 heterocycles. The Morgan fingerprint density at radius 3 is 2.76 bits per heavy atom. The SMILES string of the molecule is CC(C)CCCNC(=O)c1ccc(F)cc1O. The Hall–Kier alpha value is -1.58. The Kier molecular flexibility index (Phi) is 4.94. The maximum atomic E-state index is 12.7. The molecule has 1 rings (SSSR count). The molecule has 0 spiro atoms. The molecule has 0 aromatic heterocycles. The van der Waals surface area contributed by atoms with E-state index in [0.29, 0.717) is 12.5 Å². The first-order valence-corrected chi connectivity index (χ1v) is 5.77. The fourth-order valence-electron chi connectivity index (χ4n) is 1.50. The molecule has 1 amide bonds. The van der Waals surface area contributed by atoms with E-state index in [4.69, 9.17) is 0 Å². The van der Waals surface area contributed by atoms with Crippen LogP contribution in [0.4, 0.5) is 4.39 Å². The normalized spacial score (nSPS) is 10.6.